The number of nitrogens with one attached hydrogen (secondary N) is 3. The average molecular weight is 463 g/mol. The maximum atomic E-state index is 12.6. The van der Waals surface area contributed by atoms with E-state index in [1.54, 1.807) is 6.07 Å². The van der Waals surface area contributed by atoms with Crippen molar-refractivity contribution in [3.05, 3.63) is 22.8 Å². The fourth-order valence-electron chi connectivity index (χ4n) is 1.92. The van der Waals surface area contributed by atoms with Crippen LogP contribution in [0.1, 0.15) is 25.3 Å². The van der Waals surface area contributed by atoms with E-state index in [2.05, 4.69) is 25.6 Å². The van der Waals surface area contributed by atoms with E-state index >= 15 is 0 Å². The number of alkyl carbamates (subject to hydrolysis) is 1. The van der Waals surface area contributed by atoms with Crippen LogP contribution in [0.4, 0.5) is 23.8 Å². The van der Waals surface area contributed by atoms with Gasteiger partial charge in [0.2, 0.25) is 5.91 Å². The highest BCUT2D eigenvalue weighted by Gasteiger charge is 2.31. The van der Waals surface area contributed by atoms with Gasteiger partial charge in [-0.15, -0.1) is 0 Å². The predicted octanol–water partition coefficient (Wildman–Crippen LogP) is 2.46. The summed E-state index contributed by atoms with van der Waals surface area (Å²) in [7, 11) is 0. The molecule has 0 fully saturated rings. The predicted molar refractivity (Wildman–Crippen MR) is 103 cm³/mol. The van der Waals surface area contributed by atoms with Gasteiger partial charge in [-0.05, 0) is 19.4 Å². The van der Waals surface area contributed by atoms with Crippen LogP contribution in [0.25, 0.3) is 0 Å². The average Bonchev–Trinajstić information content (AvgIpc) is 2.68. The molecule has 1 atom stereocenters. The summed E-state index contributed by atoms with van der Waals surface area (Å²) in [6.45, 7) is 1.75. The summed E-state index contributed by atoms with van der Waals surface area (Å²) >= 11 is 5.75. The molecule has 0 aliphatic heterocycles. The molecule has 0 saturated carbocycles. The van der Waals surface area contributed by atoms with Gasteiger partial charge in [-0.3, -0.25) is 14.9 Å². The third kappa shape index (κ3) is 9.30. The summed E-state index contributed by atoms with van der Waals surface area (Å²) in [6.07, 6.45) is -3.87. The molecule has 0 aromatic carbocycles. The second-order valence-corrected chi connectivity index (χ2v) is 6.12. The van der Waals surface area contributed by atoms with Crippen molar-refractivity contribution in [3.8, 4) is 6.07 Å². The second-order valence-electron chi connectivity index (χ2n) is 5.71. The normalized spacial score (nSPS) is 12.0. The van der Waals surface area contributed by atoms with Gasteiger partial charge in [-0.1, -0.05) is 11.6 Å². The molecular weight excluding hydrogens is 445 g/mol. The second kappa shape index (κ2) is 12.3. The van der Waals surface area contributed by atoms with Crippen LogP contribution in [0.2, 0.25) is 5.02 Å². The molecule has 31 heavy (non-hydrogen) atoms. The number of anilines is 1. The Bertz CT molecular complexity index is 872. The Kier molecular flexibility index (Phi) is 10.2. The topological polar surface area (TPSA) is 146 Å². The van der Waals surface area contributed by atoms with Gasteiger partial charge in [0, 0.05) is 19.2 Å². The summed E-state index contributed by atoms with van der Waals surface area (Å²) in [6, 6.07) is 2.33. The Morgan fingerprint density at radius 1 is 1.42 bits per heavy atom. The van der Waals surface area contributed by atoms with Crippen molar-refractivity contribution < 1.29 is 32.3 Å². The first-order valence-electron chi connectivity index (χ1n) is 8.74. The number of aromatic nitrogens is 1. The lowest BCUT2D eigenvalue weighted by atomic mass is 10.2. The summed E-state index contributed by atoms with van der Waals surface area (Å²) < 4.78 is 42.2. The van der Waals surface area contributed by atoms with Crippen LogP contribution in [0, 0.1) is 17.2 Å². The Balaban J connectivity index is 2.40. The first kappa shape index (κ1) is 25.6. The Morgan fingerprint density at radius 2 is 2.13 bits per heavy atom. The number of nitriles is 1. The van der Waals surface area contributed by atoms with Gasteiger partial charge in [0.1, 0.15) is 5.82 Å². The lowest BCUT2D eigenvalue weighted by Crippen LogP contribution is -2.36. The van der Waals surface area contributed by atoms with Gasteiger partial charge < -0.3 is 10.1 Å². The Hall–Kier alpha value is -3.40. The molecular formula is C17H18ClF3N6O4. The quantitative estimate of drug-likeness (QED) is 0.290. The summed E-state index contributed by atoms with van der Waals surface area (Å²) in [5.74, 6) is -2.91. The highest BCUT2D eigenvalue weighted by Crippen LogP contribution is 2.32. The number of imide groups is 1. The molecule has 168 valence electrons. The molecule has 1 heterocycles. The van der Waals surface area contributed by atoms with Crippen LogP contribution >= 0.6 is 11.6 Å². The number of hydrogen-bond acceptors (Lipinski definition) is 8. The molecule has 0 aliphatic rings. The van der Waals surface area contributed by atoms with E-state index in [4.69, 9.17) is 16.9 Å². The molecule has 3 amide bonds. The van der Waals surface area contributed by atoms with Gasteiger partial charge in [-0.25, -0.2) is 15.2 Å². The number of hydrazone groups is 1. The highest BCUT2D eigenvalue weighted by molar-refractivity contribution is 6.32. The molecule has 1 aromatic heterocycles. The van der Waals surface area contributed by atoms with Gasteiger partial charge in [0.05, 0.1) is 29.5 Å². The van der Waals surface area contributed by atoms with E-state index < -0.39 is 35.6 Å². The monoisotopic (exact) mass is 462 g/mol. The van der Waals surface area contributed by atoms with E-state index in [0.717, 1.165) is 12.3 Å². The van der Waals surface area contributed by atoms with Crippen LogP contribution in [0.3, 0.4) is 0 Å². The number of pyridine rings is 1. The summed E-state index contributed by atoms with van der Waals surface area (Å²) in [4.78, 5) is 38.1. The van der Waals surface area contributed by atoms with Crippen LogP contribution < -0.4 is 16.1 Å². The van der Waals surface area contributed by atoms with Crippen molar-refractivity contribution in [1.29, 1.82) is 5.26 Å². The number of amides is 3. The molecule has 3 N–H and O–H groups in total. The van der Waals surface area contributed by atoms with Gasteiger partial charge in [0.25, 0.3) is 5.91 Å². The first-order chi connectivity index (χ1) is 14.6. The van der Waals surface area contributed by atoms with Gasteiger partial charge >= 0.3 is 12.3 Å². The van der Waals surface area contributed by atoms with Crippen molar-refractivity contribution in [1.82, 2.24) is 15.7 Å². The molecule has 1 rings (SSSR count). The van der Waals surface area contributed by atoms with E-state index in [-0.39, 0.29) is 36.8 Å². The first-order valence-corrected chi connectivity index (χ1v) is 9.12. The molecule has 0 saturated heterocycles. The van der Waals surface area contributed by atoms with Crippen molar-refractivity contribution in [2.24, 2.45) is 11.0 Å². The lowest BCUT2D eigenvalue weighted by Gasteiger charge is -2.10. The number of rotatable bonds is 9. The molecule has 0 aliphatic carbocycles. The Morgan fingerprint density at radius 3 is 2.71 bits per heavy atom. The minimum atomic E-state index is -4.56. The zero-order valence-electron chi connectivity index (χ0n) is 16.1. The van der Waals surface area contributed by atoms with Crippen LogP contribution in [0.5, 0.6) is 0 Å². The number of ether oxygens (including phenoxy) is 1. The zero-order chi connectivity index (χ0) is 23.4. The molecule has 0 spiro atoms. The lowest BCUT2D eigenvalue weighted by molar-refractivity contribution is -0.137. The molecule has 1 unspecified atom stereocenters. The molecule has 0 bridgehead atoms. The van der Waals surface area contributed by atoms with Crippen molar-refractivity contribution in [2.75, 3.05) is 18.5 Å². The molecule has 10 nitrogen and oxygen atoms in total. The summed E-state index contributed by atoms with van der Waals surface area (Å²) in [5.41, 5.74) is 1.12. The SMILES string of the molecule is CCOC(=O)NC(=O)C(C#N)C=NNC(=O)CCCNc1ncc(C(F)(F)F)cc1Cl. The van der Waals surface area contributed by atoms with E-state index in [0.29, 0.717) is 6.20 Å². The number of nitrogens with zero attached hydrogens (tertiary/aromatic N) is 3. The third-order valence-corrected chi connectivity index (χ3v) is 3.66. The Labute approximate surface area is 179 Å². The molecule has 1 aromatic rings. The molecule has 14 heteroatoms. The molecule has 0 radical (unpaired) electrons. The van der Waals surface area contributed by atoms with Gasteiger partial charge in [0.15, 0.2) is 5.92 Å². The number of alkyl halides is 3. The van der Waals surface area contributed by atoms with Crippen LogP contribution in [-0.4, -0.2) is 42.3 Å². The fraction of sp³-hybridized carbons (Fsp3) is 0.412. The number of carbonyl (C=O) groups excluding carboxylic acids is 3. The van der Waals surface area contributed by atoms with E-state index in [1.807, 2.05) is 5.32 Å². The van der Waals surface area contributed by atoms with Crippen molar-refractivity contribution in [3.63, 3.8) is 0 Å². The van der Waals surface area contributed by atoms with Crippen molar-refractivity contribution >= 4 is 41.5 Å². The minimum absolute atomic E-state index is 0.0329. The number of halogens is 4. The highest BCUT2D eigenvalue weighted by atomic mass is 35.5. The van der Waals surface area contributed by atoms with Crippen LogP contribution in [0.15, 0.2) is 17.4 Å². The maximum absolute atomic E-state index is 12.6. The standard InChI is InChI=1S/C17H18ClF3N6O4/c1-2-31-16(30)26-15(29)10(7-22)8-25-27-13(28)4-3-5-23-14-12(18)6-11(9-24-14)17(19,20)21/h6,8-10H,2-5H2,1H3,(H,23,24)(H,27,28)(H,26,29,30). The zero-order valence-corrected chi connectivity index (χ0v) is 16.9. The number of hydrogen-bond donors (Lipinski definition) is 3. The largest absolute Gasteiger partial charge is 0.450 e. The van der Waals surface area contributed by atoms with E-state index in [1.165, 1.54) is 6.92 Å². The smallest absolute Gasteiger partial charge is 0.417 e. The van der Waals surface area contributed by atoms with Gasteiger partial charge in [-0.2, -0.15) is 23.5 Å². The van der Waals surface area contributed by atoms with E-state index in [9.17, 15) is 27.6 Å². The minimum Gasteiger partial charge on any atom is -0.450 e. The summed E-state index contributed by atoms with van der Waals surface area (Å²) in [5, 5.41) is 16.7. The number of carbonyl (C=O) groups is 3. The third-order valence-electron chi connectivity index (χ3n) is 3.38. The van der Waals surface area contributed by atoms with Crippen molar-refractivity contribution in [2.45, 2.75) is 25.9 Å². The fourth-order valence-corrected chi connectivity index (χ4v) is 2.16. The van der Waals surface area contributed by atoms with Crippen LogP contribution in [-0.2, 0) is 20.5 Å². The maximum Gasteiger partial charge on any atom is 0.417 e.